The summed E-state index contributed by atoms with van der Waals surface area (Å²) in [5.74, 6) is 0. The molecule has 8 aromatic carbocycles. The average molecular weight is 732 g/mol. The molecule has 0 amide bonds. The monoisotopic (exact) mass is 731 g/mol. The van der Waals surface area contributed by atoms with Crippen LogP contribution in [0.5, 0.6) is 0 Å². The summed E-state index contributed by atoms with van der Waals surface area (Å²) < 4.78 is 4.85. The van der Waals surface area contributed by atoms with Gasteiger partial charge in [-0.15, -0.1) is 0 Å². The Morgan fingerprint density at radius 2 is 0.860 bits per heavy atom. The highest BCUT2D eigenvalue weighted by molar-refractivity contribution is 6.13. The first-order valence-electron chi connectivity index (χ1n) is 19.7. The zero-order chi connectivity index (χ0) is 38.3. The second-order valence-corrected chi connectivity index (χ2v) is 14.8. The summed E-state index contributed by atoms with van der Waals surface area (Å²) in [5.41, 5.74) is 14.9. The summed E-state index contributed by atoms with van der Waals surface area (Å²) in [7, 11) is 0. The third-order valence-electron chi connectivity index (χ3n) is 11.3. The highest BCUT2D eigenvalue weighted by Gasteiger charge is 2.17. The molecule has 0 N–H and O–H groups in total. The minimum Gasteiger partial charge on any atom is -0.309 e. The zero-order valence-corrected chi connectivity index (χ0v) is 32.0. The van der Waals surface area contributed by atoms with Crippen molar-refractivity contribution in [1.82, 2.24) is 9.13 Å². The minimum atomic E-state index is 0.0263. The van der Waals surface area contributed by atoms with Gasteiger partial charge in [-0.1, -0.05) is 158 Å². The first kappa shape index (κ1) is 34.3. The number of nitrogens with zero attached hydrogens (tertiary/aromatic N) is 3. The Morgan fingerprint density at radius 3 is 1.33 bits per heavy atom. The molecule has 2 heterocycles. The van der Waals surface area contributed by atoms with Gasteiger partial charge in [-0.2, -0.15) is 0 Å². The molecule has 3 heteroatoms. The molecule has 0 radical (unpaired) electrons. The van der Waals surface area contributed by atoms with Crippen molar-refractivity contribution in [1.29, 1.82) is 0 Å². The number of rotatable bonds is 8. The lowest BCUT2D eigenvalue weighted by Gasteiger charge is -2.16. The number of fused-ring (bicyclic) bond motifs is 6. The molecule has 0 spiro atoms. The van der Waals surface area contributed by atoms with Crippen LogP contribution in [0.3, 0.4) is 0 Å². The molecule has 0 bridgehead atoms. The molecular weight excluding hydrogens is 691 g/mol. The van der Waals surface area contributed by atoms with E-state index >= 15 is 0 Å². The molecule has 57 heavy (non-hydrogen) atoms. The number of hydrogen-bond acceptors (Lipinski definition) is 1. The fraction of sp³-hybridized carbons (Fsp3) is 0.0556. The van der Waals surface area contributed by atoms with E-state index in [0.29, 0.717) is 0 Å². The van der Waals surface area contributed by atoms with Crippen LogP contribution in [0.2, 0.25) is 0 Å². The van der Waals surface area contributed by atoms with E-state index < -0.39 is 0 Å². The quantitative estimate of drug-likeness (QED) is 0.139. The number of hydrogen-bond donors (Lipinski definition) is 0. The van der Waals surface area contributed by atoms with E-state index in [1.54, 1.807) is 0 Å². The van der Waals surface area contributed by atoms with Gasteiger partial charge in [0.25, 0.3) is 0 Å². The van der Waals surface area contributed by atoms with E-state index in [-0.39, 0.29) is 6.04 Å². The first-order valence-corrected chi connectivity index (χ1v) is 19.7. The molecule has 0 saturated heterocycles. The van der Waals surface area contributed by atoms with Crippen LogP contribution in [-0.2, 0) is 0 Å². The lowest BCUT2D eigenvalue weighted by atomic mass is 9.98. The molecule has 3 nitrogen and oxygen atoms in total. The summed E-state index contributed by atoms with van der Waals surface area (Å²) in [6.07, 6.45) is 2.23. The second kappa shape index (κ2) is 14.4. The lowest BCUT2D eigenvalue weighted by Crippen LogP contribution is -2.02. The standard InChI is InChI=1S/C54H41N3/c1-37(33-50(42-19-7-4-8-20-42)55-38(2)40-17-5-3-6-18-40)39-29-31-41(32-30-39)43-34-44(56-51-25-13-9-21-46(51)47-22-10-14-26-52(47)56)36-45(35-43)57-53-27-15-11-23-48(53)49-24-12-16-28-54(49)57/h3-36,38H,1-2H3/b37-33+,55-50?. The van der Waals surface area contributed by atoms with Crippen LogP contribution in [0.15, 0.2) is 211 Å². The zero-order valence-electron chi connectivity index (χ0n) is 32.0. The maximum absolute atomic E-state index is 5.24. The molecule has 0 fully saturated rings. The number of benzene rings is 8. The summed E-state index contributed by atoms with van der Waals surface area (Å²) in [5, 5.41) is 5.00. The lowest BCUT2D eigenvalue weighted by molar-refractivity contribution is 0.822. The van der Waals surface area contributed by atoms with Crippen LogP contribution >= 0.6 is 0 Å². The normalized spacial score (nSPS) is 12.9. The van der Waals surface area contributed by atoms with Crippen LogP contribution in [0.4, 0.5) is 0 Å². The van der Waals surface area contributed by atoms with Gasteiger partial charge in [-0.25, -0.2) is 0 Å². The van der Waals surface area contributed by atoms with Crippen LogP contribution in [0, 0.1) is 0 Å². The fourth-order valence-corrected chi connectivity index (χ4v) is 8.45. The molecule has 10 aromatic rings. The molecule has 0 aliphatic heterocycles. The number of allylic oxidation sites excluding steroid dienone is 2. The summed E-state index contributed by atoms with van der Waals surface area (Å²) in [6.45, 7) is 4.35. The summed E-state index contributed by atoms with van der Waals surface area (Å²) in [4.78, 5) is 5.24. The van der Waals surface area contributed by atoms with Gasteiger partial charge in [0, 0.05) is 32.9 Å². The van der Waals surface area contributed by atoms with Crippen molar-refractivity contribution < 1.29 is 0 Å². The molecule has 1 atom stereocenters. The van der Waals surface area contributed by atoms with Crippen LogP contribution in [0.1, 0.15) is 36.6 Å². The summed E-state index contributed by atoms with van der Waals surface area (Å²) >= 11 is 0. The summed E-state index contributed by atoms with van der Waals surface area (Å²) in [6, 6.07) is 72.1. The predicted octanol–water partition coefficient (Wildman–Crippen LogP) is 14.2. The van der Waals surface area contributed by atoms with Crippen molar-refractivity contribution in [2.45, 2.75) is 19.9 Å². The molecular formula is C54H41N3. The molecule has 272 valence electrons. The maximum Gasteiger partial charge on any atom is 0.0728 e. The van der Waals surface area contributed by atoms with E-state index in [1.165, 1.54) is 49.2 Å². The average Bonchev–Trinajstić information content (AvgIpc) is 3.80. The van der Waals surface area contributed by atoms with Gasteiger partial charge >= 0.3 is 0 Å². The molecule has 10 rings (SSSR count). The largest absolute Gasteiger partial charge is 0.309 e. The van der Waals surface area contributed by atoms with Crippen molar-refractivity contribution in [3.63, 3.8) is 0 Å². The van der Waals surface area contributed by atoms with Crippen molar-refractivity contribution in [2.24, 2.45) is 4.99 Å². The van der Waals surface area contributed by atoms with Crippen LogP contribution in [0.25, 0.3) is 71.7 Å². The van der Waals surface area contributed by atoms with Gasteiger partial charge in [-0.3, -0.25) is 4.99 Å². The van der Waals surface area contributed by atoms with Gasteiger partial charge < -0.3 is 9.13 Å². The molecule has 0 aliphatic rings. The predicted molar refractivity (Wildman–Crippen MR) is 242 cm³/mol. The van der Waals surface area contributed by atoms with E-state index in [4.69, 9.17) is 4.99 Å². The SMILES string of the molecule is C/C(=C\C(=NC(C)c1ccccc1)c1ccccc1)c1ccc(-c2cc(-n3c4ccccc4c4ccccc43)cc(-n3c4ccccc4c4ccccc43)c2)cc1. The second-order valence-electron chi connectivity index (χ2n) is 14.8. The van der Waals surface area contributed by atoms with Crippen molar-refractivity contribution in [3.8, 4) is 22.5 Å². The Kier molecular flexibility index (Phi) is 8.69. The van der Waals surface area contributed by atoms with Crippen LogP contribution in [-0.4, -0.2) is 14.8 Å². The molecule has 0 aliphatic carbocycles. The van der Waals surface area contributed by atoms with Gasteiger partial charge in [-0.05, 0) is 95.8 Å². The van der Waals surface area contributed by atoms with Crippen molar-refractivity contribution >= 4 is 54.9 Å². The number of para-hydroxylation sites is 4. The van der Waals surface area contributed by atoms with E-state index in [9.17, 15) is 0 Å². The third kappa shape index (κ3) is 6.24. The van der Waals surface area contributed by atoms with Gasteiger partial charge in [0.1, 0.15) is 0 Å². The first-order chi connectivity index (χ1) is 28.1. The number of aromatic nitrogens is 2. The topological polar surface area (TPSA) is 22.2 Å². The molecule has 0 saturated carbocycles. The Hall–Kier alpha value is -7.23. The third-order valence-corrected chi connectivity index (χ3v) is 11.3. The smallest absolute Gasteiger partial charge is 0.0728 e. The van der Waals surface area contributed by atoms with Gasteiger partial charge in [0.05, 0.1) is 33.8 Å². The maximum atomic E-state index is 5.24. The van der Waals surface area contributed by atoms with E-state index in [1.807, 2.05) is 0 Å². The van der Waals surface area contributed by atoms with Crippen molar-refractivity contribution in [3.05, 3.63) is 223 Å². The van der Waals surface area contributed by atoms with E-state index in [2.05, 4.69) is 229 Å². The minimum absolute atomic E-state index is 0.0263. The van der Waals surface area contributed by atoms with E-state index in [0.717, 1.165) is 44.9 Å². The highest BCUT2D eigenvalue weighted by atomic mass is 15.0. The van der Waals surface area contributed by atoms with Gasteiger partial charge in [0.15, 0.2) is 0 Å². The Labute approximate surface area is 333 Å². The van der Waals surface area contributed by atoms with Crippen LogP contribution < -0.4 is 0 Å². The van der Waals surface area contributed by atoms with Gasteiger partial charge in [0.2, 0.25) is 0 Å². The van der Waals surface area contributed by atoms with Crippen molar-refractivity contribution in [2.75, 3.05) is 0 Å². The Balaban J connectivity index is 1.12. The highest BCUT2D eigenvalue weighted by Crippen LogP contribution is 2.38. The Bertz CT molecular complexity index is 2890. The molecule has 1 unspecified atom stereocenters. The number of aliphatic imine (C=N–C) groups is 1. The fourth-order valence-electron chi connectivity index (χ4n) is 8.45. The molecule has 2 aromatic heterocycles. The Morgan fingerprint density at radius 1 is 0.439 bits per heavy atom.